The standard InChI is InChI=1S/C27H31N5O4/c1-16-20-11-10-18-13-21(31(26(18)29-20)12-8-6-4-5-7-9-23(33)28-16)25-17(2)32-22(30-25)14-19(27(34)35)15-24(32)36-3/h10-11,13-16H,4-9,12H2,1-3H3,(H,28,33)(H,34,35)/t16-/m1/s1. The first-order valence-corrected chi connectivity index (χ1v) is 12.5. The molecule has 2 N–H and O–H groups in total. The summed E-state index contributed by atoms with van der Waals surface area (Å²) in [5, 5.41) is 13.6. The van der Waals surface area contributed by atoms with Gasteiger partial charge in [-0.2, -0.15) is 0 Å². The molecular weight excluding hydrogens is 458 g/mol. The molecule has 1 aliphatic heterocycles. The second kappa shape index (κ2) is 9.64. The van der Waals surface area contributed by atoms with E-state index in [1.54, 1.807) is 6.07 Å². The van der Waals surface area contributed by atoms with E-state index < -0.39 is 5.97 Å². The van der Waals surface area contributed by atoms with Gasteiger partial charge in [-0.05, 0) is 51.0 Å². The van der Waals surface area contributed by atoms with E-state index in [2.05, 4.69) is 16.0 Å². The van der Waals surface area contributed by atoms with Crippen LogP contribution in [0.15, 0.2) is 30.3 Å². The third-order valence-electron chi connectivity index (χ3n) is 6.99. The summed E-state index contributed by atoms with van der Waals surface area (Å²) < 4.78 is 9.56. The maximum atomic E-state index is 12.4. The molecule has 0 spiro atoms. The molecule has 1 aliphatic rings. The van der Waals surface area contributed by atoms with E-state index in [9.17, 15) is 14.7 Å². The third-order valence-corrected chi connectivity index (χ3v) is 6.99. The Bertz CT molecular complexity index is 1470. The van der Waals surface area contributed by atoms with E-state index in [1.807, 2.05) is 30.4 Å². The van der Waals surface area contributed by atoms with Gasteiger partial charge in [-0.25, -0.2) is 14.8 Å². The van der Waals surface area contributed by atoms with Crippen LogP contribution in [-0.2, 0) is 11.3 Å². The Morgan fingerprint density at radius 2 is 1.89 bits per heavy atom. The summed E-state index contributed by atoms with van der Waals surface area (Å²) in [6.07, 6.45) is 5.62. The van der Waals surface area contributed by atoms with Gasteiger partial charge in [-0.15, -0.1) is 0 Å². The summed E-state index contributed by atoms with van der Waals surface area (Å²) >= 11 is 0. The molecule has 188 valence electrons. The number of carbonyl (C=O) groups is 2. The molecule has 1 atom stereocenters. The van der Waals surface area contributed by atoms with E-state index in [1.165, 1.54) is 13.2 Å². The molecule has 36 heavy (non-hydrogen) atoms. The predicted molar refractivity (Wildman–Crippen MR) is 136 cm³/mol. The molecule has 2 bridgehead atoms. The molecule has 0 saturated carbocycles. The van der Waals surface area contributed by atoms with E-state index >= 15 is 0 Å². The number of carbonyl (C=O) groups excluding carboxylic acids is 1. The van der Waals surface area contributed by atoms with Gasteiger partial charge in [-0.1, -0.05) is 19.3 Å². The van der Waals surface area contributed by atoms with Crippen LogP contribution < -0.4 is 10.1 Å². The highest BCUT2D eigenvalue weighted by Crippen LogP contribution is 2.33. The SMILES string of the molecule is COc1cc(C(=O)O)cc2nc(-c3cc4ccc5nc4n3CCCCCCCC(=O)N[C@@H]5C)c(C)n12. The lowest BCUT2D eigenvalue weighted by Crippen LogP contribution is -2.27. The number of hydrogen-bond acceptors (Lipinski definition) is 5. The minimum absolute atomic E-state index is 0.0625. The number of ether oxygens (including phenoxy) is 1. The fraction of sp³-hybridized carbons (Fsp3) is 0.407. The van der Waals surface area contributed by atoms with Crippen molar-refractivity contribution in [2.45, 2.75) is 65.0 Å². The Hall–Kier alpha value is -3.88. The zero-order valence-electron chi connectivity index (χ0n) is 20.9. The van der Waals surface area contributed by atoms with Crippen LogP contribution in [0.4, 0.5) is 0 Å². The number of pyridine rings is 2. The molecule has 9 heteroatoms. The molecule has 5 rings (SSSR count). The molecule has 0 aliphatic carbocycles. The Labute approximate surface area is 209 Å². The van der Waals surface area contributed by atoms with Crippen LogP contribution in [-0.4, -0.2) is 43.0 Å². The topological polar surface area (TPSA) is 111 Å². The van der Waals surface area contributed by atoms with Crippen molar-refractivity contribution in [2.24, 2.45) is 0 Å². The normalized spacial score (nSPS) is 17.3. The van der Waals surface area contributed by atoms with Gasteiger partial charge < -0.3 is 19.7 Å². The Balaban J connectivity index is 1.68. The molecule has 0 aromatic carbocycles. The maximum Gasteiger partial charge on any atom is 0.336 e. The van der Waals surface area contributed by atoms with Gasteiger partial charge in [0.1, 0.15) is 17.0 Å². The number of aromatic carboxylic acids is 1. The Morgan fingerprint density at radius 1 is 1.11 bits per heavy atom. The van der Waals surface area contributed by atoms with Gasteiger partial charge in [0.25, 0.3) is 0 Å². The first-order valence-electron chi connectivity index (χ1n) is 12.5. The van der Waals surface area contributed by atoms with Crippen LogP contribution in [0.2, 0.25) is 0 Å². The number of carboxylic acids is 1. The number of imidazole rings is 1. The van der Waals surface area contributed by atoms with Crippen molar-refractivity contribution in [1.29, 1.82) is 0 Å². The van der Waals surface area contributed by atoms with Crippen molar-refractivity contribution in [1.82, 2.24) is 24.3 Å². The Kier molecular flexibility index (Phi) is 6.38. The highest BCUT2D eigenvalue weighted by atomic mass is 16.5. The number of hydrogen-bond donors (Lipinski definition) is 2. The summed E-state index contributed by atoms with van der Waals surface area (Å²) in [4.78, 5) is 33.8. The molecule has 0 fully saturated rings. The third kappa shape index (κ3) is 4.29. The smallest absolute Gasteiger partial charge is 0.336 e. The minimum atomic E-state index is -1.03. The van der Waals surface area contributed by atoms with Crippen LogP contribution in [0, 0.1) is 6.92 Å². The number of rotatable bonds is 3. The van der Waals surface area contributed by atoms with Gasteiger partial charge in [-0.3, -0.25) is 9.20 Å². The fourth-order valence-corrected chi connectivity index (χ4v) is 5.07. The number of amides is 1. The highest BCUT2D eigenvalue weighted by Gasteiger charge is 2.22. The van der Waals surface area contributed by atoms with Crippen molar-refractivity contribution < 1.29 is 19.4 Å². The van der Waals surface area contributed by atoms with Gasteiger partial charge in [0, 0.05) is 24.4 Å². The van der Waals surface area contributed by atoms with Crippen LogP contribution in [0.5, 0.6) is 5.88 Å². The molecule has 0 saturated heterocycles. The fourth-order valence-electron chi connectivity index (χ4n) is 5.07. The van der Waals surface area contributed by atoms with E-state index in [4.69, 9.17) is 14.7 Å². The minimum Gasteiger partial charge on any atom is -0.482 e. The summed E-state index contributed by atoms with van der Waals surface area (Å²) in [5.41, 5.74) is 4.87. The summed E-state index contributed by atoms with van der Waals surface area (Å²) in [7, 11) is 1.52. The summed E-state index contributed by atoms with van der Waals surface area (Å²) in [6.45, 7) is 4.72. The van der Waals surface area contributed by atoms with E-state index in [-0.39, 0.29) is 17.5 Å². The van der Waals surface area contributed by atoms with Crippen molar-refractivity contribution in [3.8, 4) is 17.3 Å². The molecule has 5 heterocycles. The number of nitrogens with one attached hydrogen (secondary N) is 1. The lowest BCUT2D eigenvalue weighted by molar-refractivity contribution is -0.121. The maximum absolute atomic E-state index is 12.4. The number of methoxy groups -OCH3 is 1. The second-order valence-corrected chi connectivity index (χ2v) is 9.47. The van der Waals surface area contributed by atoms with Gasteiger partial charge in [0.15, 0.2) is 5.88 Å². The van der Waals surface area contributed by atoms with Gasteiger partial charge >= 0.3 is 5.97 Å². The van der Waals surface area contributed by atoms with E-state index in [0.29, 0.717) is 17.9 Å². The monoisotopic (exact) mass is 489 g/mol. The molecule has 4 aromatic heterocycles. The lowest BCUT2D eigenvalue weighted by Gasteiger charge is -2.16. The van der Waals surface area contributed by atoms with Crippen molar-refractivity contribution in [3.63, 3.8) is 0 Å². The molecule has 0 radical (unpaired) electrons. The quantitative estimate of drug-likeness (QED) is 0.424. The first kappa shape index (κ1) is 23.8. The largest absolute Gasteiger partial charge is 0.482 e. The zero-order valence-corrected chi connectivity index (χ0v) is 20.9. The van der Waals surface area contributed by atoms with Crippen molar-refractivity contribution >= 4 is 28.6 Å². The lowest BCUT2D eigenvalue weighted by atomic mass is 10.1. The number of fused-ring (bicyclic) bond motifs is 2. The van der Waals surface area contributed by atoms with Crippen LogP contribution in [0.25, 0.3) is 28.1 Å². The highest BCUT2D eigenvalue weighted by molar-refractivity contribution is 5.90. The number of nitrogens with zero attached hydrogens (tertiary/aromatic N) is 4. The second-order valence-electron chi connectivity index (χ2n) is 9.47. The average molecular weight is 490 g/mol. The van der Waals surface area contributed by atoms with Crippen LogP contribution in [0.3, 0.4) is 0 Å². The molecule has 0 unspecified atom stereocenters. The van der Waals surface area contributed by atoms with Crippen LogP contribution >= 0.6 is 0 Å². The number of aryl methyl sites for hydroxylation is 2. The zero-order chi connectivity index (χ0) is 25.4. The van der Waals surface area contributed by atoms with Gasteiger partial charge in [0.2, 0.25) is 5.91 Å². The average Bonchev–Trinajstić information content (AvgIpc) is 3.39. The predicted octanol–water partition coefficient (Wildman–Crippen LogP) is 4.90. The first-order chi connectivity index (χ1) is 17.4. The van der Waals surface area contributed by atoms with E-state index in [0.717, 1.165) is 72.5 Å². The number of aromatic nitrogens is 4. The van der Waals surface area contributed by atoms with Crippen LogP contribution in [0.1, 0.15) is 73.2 Å². The molecule has 4 aromatic rings. The van der Waals surface area contributed by atoms with Gasteiger partial charge in [0.05, 0.1) is 35.8 Å². The molecular formula is C27H31N5O4. The Morgan fingerprint density at radius 3 is 2.67 bits per heavy atom. The van der Waals surface area contributed by atoms with Crippen molar-refractivity contribution in [3.05, 3.63) is 47.3 Å². The molecule has 1 amide bonds. The van der Waals surface area contributed by atoms with Crippen molar-refractivity contribution in [2.75, 3.05) is 7.11 Å². The molecule has 9 nitrogen and oxygen atoms in total. The summed E-state index contributed by atoms with van der Waals surface area (Å²) in [6, 6.07) is 8.98. The summed E-state index contributed by atoms with van der Waals surface area (Å²) in [5.74, 6) is -0.547. The number of carboxylic acid groups (broad SMARTS) is 1.